The topological polar surface area (TPSA) is 9.23 Å². The van der Waals surface area contributed by atoms with Crippen molar-refractivity contribution in [3.8, 4) is 5.75 Å². The molecule has 0 amide bonds. The fraction of sp³-hybridized carbons (Fsp3) is 0.294. The van der Waals surface area contributed by atoms with Crippen molar-refractivity contribution in [2.75, 3.05) is 6.61 Å². The number of aryl methyl sites for hydroxylation is 1. The highest BCUT2D eigenvalue weighted by molar-refractivity contribution is 6.21. The summed E-state index contributed by atoms with van der Waals surface area (Å²) in [6, 6.07) is 12.6. The van der Waals surface area contributed by atoms with Gasteiger partial charge >= 0.3 is 0 Å². The first-order valence-corrected chi connectivity index (χ1v) is 7.16. The summed E-state index contributed by atoms with van der Waals surface area (Å²) < 4.78 is 19.3. The largest absolute Gasteiger partial charge is 0.494 e. The minimum atomic E-state index is -0.312. The monoisotopic (exact) mass is 292 g/mol. The van der Waals surface area contributed by atoms with E-state index in [0.29, 0.717) is 18.6 Å². The van der Waals surface area contributed by atoms with E-state index in [1.54, 1.807) is 12.1 Å². The molecule has 1 nitrogen and oxygen atoms in total. The molecule has 0 bridgehead atoms. The average molecular weight is 293 g/mol. The second-order valence-corrected chi connectivity index (χ2v) is 5.26. The maximum absolute atomic E-state index is 13.7. The molecule has 0 aromatic heterocycles. The summed E-state index contributed by atoms with van der Waals surface area (Å²) in [7, 11) is 0. The number of alkyl halides is 1. The molecule has 0 N–H and O–H groups in total. The fourth-order valence-electron chi connectivity index (χ4n) is 2.17. The first-order chi connectivity index (χ1) is 9.61. The summed E-state index contributed by atoms with van der Waals surface area (Å²) in [4.78, 5) is 0. The van der Waals surface area contributed by atoms with E-state index >= 15 is 0 Å². The van der Waals surface area contributed by atoms with Gasteiger partial charge in [-0.1, -0.05) is 35.9 Å². The van der Waals surface area contributed by atoms with Crippen LogP contribution in [0.2, 0.25) is 0 Å². The molecule has 0 saturated heterocycles. The molecule has 0 aliphatic carbocycles. The SMILES string of the molecule is CCOc1ccc(C)cc1C(Cl)Cc1ccccc1F. The molecule has 0 fully saturated rings. The molecule has 0 heterocycles. The van der Waals surface area contributed by atoms with E-state index in [2.05, 4.69) is 0 Å². The summed E-state index contributed by atoms with van der Waals surface area (Å²) in [6.45, 7) is 4.52. The van der Waals surface area contributed by atoms with E-state index in [0.717, 1.165) is 16.9 Å². The van der Waals surface area contributed by atoms with E-state index in [9.17, 15) is 4.39 Å². The molecule has 2 aromatic rings. The minimum Gasteiger partial charge on any atom is -0.494 e. The predicted octanol–water partition coefficient (Wildman–Crippen LogP) is 5.06. The van der Waals surface area contributed by atoms with Crippen LogP contribution < -0.4 is 4.74 Å². The first-order valence-electron chi connectivity index (χ1n) is 6.72. The summed E-state index contributed by atoms with van der Waals surface area (Å²) in [5.74, 6) is 0.554. The lowest BCUT2D eigenvalue weighted by molar-refractivity contribution is 0.336. The third-order valence-corrected chi connectivity index (χ3v) is 3.55. The van der Waals surface area contributed by atoms with Crippen molar-refractivity contribution in [3.05, 3.63) is 65.0 Å². The molecule has 3 heteroatoms. The summed E-state index contributed by atoms with van der Waals surface area (Å²) in [5, 5.41) is -0.312. The lowest BCUT2D eigenvalue weighted by Crippen LogP contribution is -2.03. The summed E-state index contributed by atoms with van der Waals surface area (Å²) in [6.07, 6.45) is 0.442. The molecule has 1 atom stereocenters. The second kappa shape index (κ2) is 6.76. The van der Waals surface area contributed by atoms with E-state index < -0.39 is 0 Å². The fourth-order valence-corrected chi connectivity index (χ4v) is 2.50. The maximum Gasteiger partial charge on any atom is 0.126 e. The number of rotatable bonds is 5. The van der Waals surface area contributed by atoms with Crippen molar-refractivity contribution in [2.45, 2.75) is 25.6 Å². The molecule has 1 unspecified atom stereocenters. The van der Waals surface area contributed by atoms with Crippen molar-refractivity contribution >= 4 is 11.6 Å². The van der Waals surface area contributed by atoms with Gasteiger partial charge in [-0.25, -0.2) is 4.39 Å². The van der Waals surface area contributed by atoms with E-state index in [4.69, 9.17) is 16.3 Å². The van der Waals surface area contributed by atoms with Crippen molar-refractivity contribution in [2.24, 2.45) is 0 Å². The van der Waals surface area contributed by atoms with E-state index in [-0.39, 0.29) is 11.2 Å². The highest BCUT2D eigenvalue weighted by Crippen LogP contribution is 2.33. The van der Waals surface area contributed by atoms with E-state index in [1.165, 1.54) is 6.07 Å². The van der Waals surface area contributed by atoms with Crippen molar-refractivity contribution < 1.29 is 9.13 Å². The van der Waals surface area contributed by atoms with Crippen molar-refractivity contribution in [3.63, 3.8) is 0 Å². The zero-order chi connectivity index (χ0) is 14.5. The van der Waals surface area contributed by atoms with Crippen LogP contribution in [0.25, 0.3) is 0 Å². The van der Waals surface area contributed by atoms with Crippen LogP contribution in [-0.4, -0.2) is 6.61 Å². The summed E-state index contributed by atoms with van der Waals surface area (Å²) >= 11 is 6.48. The van der Waals surface area contributed by atoms with Crippen LogP contribution in [0.15, 0.2) is 42.5 Å². The third-order valence-electron chi connectivity index (χ3n) is 3.16. The molecule has 2 rings (SSSR count). The molecule has 0 aliphatic heterocycles. The maximum atomic E-state index is 13.7. The van der Waals surface area contributed by atoms with Crippen LogP contribution in [0, 0.1) is 12.7 Å². The number of halogens is 2. The van der Waals surface area contributed by atoms with Gasteiger partial charge in [0.15, 0.2) is 0 Å². The molecule has 0 saturated carbocycles. The molecule has 20 heavy (non-hydrogen) atoms. The van der Waals surface area contributed by atoms with Gasteiger partial charge in [0.05, 0.1) is 12.0 Å². The Balaban J connectivity index is 2.26. The van der Waals surface area contributed by atoms with Gasteiger partial charge in [0, 0.05) is 5.56 Å². The Kier molecular flexibility index (Phi) is 5.02. The Bertz CT molecular complexity index is 583. The van der Waals surface area contributed by atoms with Gasteiger partial charge in [-0.05, 0) is 38.0 Å². The number of ether oxygens (including phenoxy) is 1. The standard InChI is InChI=1S/C17H18ClFO/c1-3-20-17-9-8-12(2)10-14(17)15(18)11-13-6-4-5-7-16(13)19/h4-10,15H,3,11H2,1-2H3. The van der Waals surface area contributed by atoms with E-state index in [1.807, 2.05) is 38.1 Å². The van der Waals surface area contributed by atoms with Gasteiger partial charge in [-0.2, -0.15) is 0 Å². The lowest BCUT2D eigenvalue weighted by atomic mass is 10.0. The van der Waals surface area contributed by atoms with Gasteiger partial charge in [-0.3, -0.25) is 0 Å². The Morgan fingerprint density at radius 1 is 1.20 bits per heavy atom. The van der Waals surface area contributed by atoms with Crippen LogP contribution in [0.3, 0.4) is 0 Å². The Hall–Kier alpha value is -1.54. The van der Waals surface area contributed by atoms with Gasteiger partial charge < -0.3 is 4.74 Å². The van der Waals surface area contributed by atoms with Crippen LogP contribution in [-0.2, 0) is 6.42 Å². The van der Waals surface area contributed by atoms with Gasteiger partial charge in [0.1, 0.15) is 11.6 Å². The molecule has 0 spiro atoms. The molecule has 0 aliphatic rings. The number of hydrogen-bond donors (Lipinski definition) is 0. The second-order valence-electron chi connectivity index (χ2n) is 4.74. The Morgan fingerprint density at radius 3 is 2.65 bits per heavy atom. The molecule has 2 aromatic carbocycles. The van der Waals surface area contributed by atoms with Crippen LogP contribution in [0.5, 0.6) is 5.75 Å². The van der Waals surface area contributed by atoms with Gasteiger partial charge in [-0.15, -0.1) is 11.6 Å². The Morgan fingerprint density at radius 2 is 1.95 bits per heavy atom. The minimum absolute atomic E-state index is 0.219. The quantitative estimate of drug-likeness (QED) is 0.700. The van der Waals surface area contributed by atoms with Gasteiger partial charge in [0.2, 0.25) is 0 Å². The van der Waals surface area contributed by atoms with Crippen molar-refractivity contribution in [1.29, 1.82) is 0 Å². The van der Waals surface area contributed by atoms with Crippen LogP contribution >= 0.6 is 11.6 Å². The Labute approximate surface area is 124 Å². The third kappa shape index (κ3) is 3.51. The average Bonchev–Trinajstić information content (AvgIpc) is 2.43. The van der Waals surface area contributed by atoms with Gasteiger partial charge in [0.25, 0.3) is 0 Å². The van der Waals surface area contributed by atoms with Crippen LogP contribution in [0.4, 0.5) is 4.39 Å². The highest BCUT2D eigenvalue weighted by Gasteiger charge is 2.16. The molecular formula is C17H18ClFO. The highest BCUT2D eigenvalue weighted by atomic mass is 35.5. The number of hydrogen-bond acceptors (Lipinski definition) is 1. The smallest absolute Gasteiger partial charge is 0.126 e. The van der Waals surface area contributed by atoms with Crippen LogP contribution in [0.1, 0.15) is 29.0 Å². The lowest BCUT2D eigenvalue weighted by Gasteiger charge is -2.16. The van der Waals surface area contributed by atoms with Crippen molar-refractivity contribution in [1.82, 2.24) is 0 Å². The predicted molar refractivity (Wildman–Crippen MR) is 81.0 cm³/mol. The normalized spacial score (nSPS) is 12.2. The molecule has 0 radical (unpaired) electrons. The molecular weight excluding hydrogens is 275 g/mol. The summed E-state index contributed by atoms with van der Waals surface area (Å²) in [5.41, 5.74) is 2.65. The zero-order valence-corrected chi connectivity index (χ0v) is 12.5. The zero-order valence-electron chi connectivity index (χ0n) is 11.7. The molecule has 106 valence electrons. The first kappa shape index (κ1) is 14.9. The number of benzene rings is 2.